The van der Waals surface area contributed by atoms with Crippen LogP contribution in [0.5, 0.6) is 5.75 Å². The molecule has 9 nitrogen and oxygen atoms in total. The Kier molecular flexibility index (Phi) is 10.2. The summed E-state index contributed by atoms with van der Waals surface area (Å²) in [7, 11) is 6.98. The molecule has 1 amide bonds. The number of hydrogen-bond acceptors (Lipinski definition) is 9. The van der Waals surface area contributed by atoms with E-state index in [4.69, 9.17) is 18.9 Å². The van der Waals surface area contributed by atoms with Gasteiger partial charge in [-0.1, -0.05) is 25.1 Å². The van der Waals surface area contributed by atoms with Gasteiger partial charge in [-0.25, -0.2) is 0 Å². The number of rotatable bonds is 10. The molecule has 2 unspecified atom stereocenters. The van der Waals surface area contributed by atoms with E-state index in [1.54, 1.807) is 19.1 Å². The van der Waals surface area contributed by atoms with E-state index in [0.717, 1.165) is 10.5 Å². The summed E-state index contributed by atoms with van der Waals surface area (Å²) in [6.45, 7) is 4.66. The molecule has 0 radical (unpaired) electrons. The molecule has 202 valence electrons. The fourth-order valence-electron chi connectivity index (χ4n) is 4.22. The van der Waals surface area contributed by atoms with Crippen molar-refractivity contribution in [2.24, 2.45) is 11.8 Å². The first-order chi connectivity index (χ1) is 17.7. The fraction of sp³-hybridized carbons (Fsp3) is 0.519. The Hall–Kier alpha value is -2.82. The number of likely N-dealkylation sites (N-methyl/N-ethyl adjacent to an activating group) is 1. The van der Waals surface area contributed by atoms with Crippen LogP contribution >= 0.6 is 11.8 Å². The van der Waals surface area contributed by atoms with Crippen LogP contribution in [0.15, 0.2) is 47.0 Å². The molecule has 1 aromatic carbocycles. The SMILES string of the molecule is COCCOC(=O)C1C=C2C(=CC1C)S[C@@H](c1ccc(OC)cc1)[C@@H](OC(C)=O)C(=O)N2CCN(C)C. The van der Waals surface area contributed by atoms with Crippen molar-refractivity contribution in [3.05, 3.63) is 52.6 Å². The molecule has 0 bridgehead atoms. The van der Waals surface area contributed by atoms with Gasteiger partial charge in [0.25, 0.3) is 5.91 Å². The van der Waals surface area contributed by atoms with Crippen molar-refractivity contribution >= 4 is 29.6 Å². The van der Waals surface area contributed by atoms with Crippen LogP contribution in [0.3, 0.4) is 0 Å². The number of allylic oxidation sites excluding steroid dienone is 1. The minimum absolute atomic E-state index is 0.157. The van der Waals surface area contributed by atoms with E-state index in [0.29, 0.717) is 31.1 Å². The van der Waals surface area contributed by atoms with Crippen LogP contribution in [0.25, 0.3) is 0 Å². The number of methoxy groups -OCH3 is 2. The maximum absolute atomic E-state index is 14.0. The Morgan fingerprint density at radius 1 is 1.08 bits per heavy atom. The van der Waals surface area contributed by atoms with Crippen LogP contribution in [0, 0.1) is 11.8 Å². The fourth-order valence-corrected chi connectivity index (χ4v) is 5.67. The van der Waals surface area contributed by atoms with Crippen molar-refractivity contribution in [3.8, 4) is 5.75 Å². The summed E-state index contributed by atoms with van der Waals surface area (Å²) in [5, 5.41) is -0.487. The van der Waals surface area contributed by atoms with E-state index >= 15 is 0 Å². The zero-order valence-electron chi connectivity index (χ0n) is 22.3. The van der Waals surface area contributed by atoms with E-state index in [1.165, 1.54) is 18.7 Å². The molecule has 0 N–H and O–H groups in total. The number of amides is 1. The van der Waals surface area contributed by atoms with Crippen molar-refractivity contribution in [2.75, 3.05) is 54.6 Å². The number of fused-ring (bicyclic) bond motifs is 1. The molecule has 0 aromatic heterocycles. The largest absolute Gasteiger partial charge is 0.497 e. The Balaban J connectivity index is 2.06. The number of ether oxygens (including phenoxy) is 4. The van der Waals surface area contributed by atoms with Gasteiger partial charge in [0.15, 0.2) is 6.10 Å². The maximum atomic E-state index is 14.0. The molecule has 1 heterocycles. The zero-order valence-corrected chi connectivity index (χ0v) is 23.1. The maximum Gasteiger partial charge on any atom is 0.313 e. The summed E-state index contributed by atoms with van der Waals surface area (Å²) >= 11 is 1.46. The summed E-state index contributed by atoms with van der Waals surface area (Å²) in [6, 6.07) is 7.39. The van der Waals surface area contributed by atoms with Crippen molar-refractivity contribution in [3.63, 3.8) is 0 Å². The standard InChI is InChI=1S/C27H36N2O7S/c1-17-15-23-22(16-21(17)27(32)35-14-13-33-5)29(12-11-28(3)4)26(31)24(36-18(2)30)25(37-23)19-7-9-20(34-6)10-8-19/h7-10,15-17,21,24-25H,11-14H2,1-6H3/t17?,21?,24-,25+/m1/s1. The minimum Gasteiger partial charge on any atom is -0.497 e. The molecule has 0 saturated carbocycles. The molecule has 1 aromatic rings. The molecule has 1 aliphatic carbocycles. The molecule has 1 aliphatic heterocycles. The van der Waals surface area contributed by atoms with E-state index in [-0.39, 0.29) is 24.4 Å². The average Bonchev–Trinajstić information content (AvgIpc) is 2.96. The molecular weight excluding hydrogens is 496 g/mol. The van der Waals surface area contributed by atoms with Crippen LogP contribution in [0.2, 0.25) is 0 Å². The zero-order chi connectivity index (χ0) is 27.1. The Labute approximate surface area is 222 Å². The van der Waals surface area contributed by atoms with Crippen LogP contribution in [0.1, 0.15) is 24.7 Å². The van der Waals surface area contributed by atoms with Crippen LogP contribution in [0.4, 0.5) is 0 Å². The number of carbonyl (C=O) groups excluding carboxylic acids is 3. The third-order valence-corrected chi connectivity index (χ3v) is 7.58. The number of benzene rings is 1. The molecule has 2 aliphatic rings. The summed E-state index contributed by atoms with van der Waals surface area (Å²) in [6.07, 6.45) is 2.77. The minimum atomic E-state index is -1.05. The highest BCUT2D eigenvalue weighted by Crippen LogP contribution is 2.48. The first-order valence-corrected chi connectivity index (χ1v) is 13.1. The number of thioether (sulfide) groups is 1. The van der Waals surface area contributed by atoms with Crippen molar-refractivity contribution in [1.82, 2.24) is 9.80 Å². The van der Waals surface area contributed by atoms with Crippen LogP contribution in [-0.4, -0.2) is 88.4 Å². The predicted molar refractivity (Wildman–Crippen MR) is 141 cm³/mol. The predicted octanol–water partition coefficient (Wildman–Crippen LogP) is 3.03. The Morgan fingerprint density at radius 3 is 2.38 bits per heavy atom. The summed E-state index contributed by atoms with van der Waals surface area (Å²) < 4.78 is 21.4. The lowest BCUT2D eigenvalue weighted by Gasteiger charge is -2.31. The molecule has 3 rings (SSSR count). The Bertz CT molecular complexity index is 1040. The van der Waals surface area contributed by atoms with Crippen LogP contribution in [-0.2, 0) is 28.6 Å². The van der Waals surface area contributed by atoms with E-state index in [1.807, 2.05) is 62.3 Å². The van der Waals surface area contributed by atoms with Gasteiger partial charge in [0.1, 0.15) is 12.4 Å². The number of esters is 2. The van der Waals surface area contributed by atoms with Gasteiger partial charge in [-0.15, -0.1) is 11.8 Å². The highest BCUT2D eigenvalue weighted by molar-refractivity contribution is 8.03. The van der Waals surface area contributed by atoms with Gasteiger partial charge in [-0.2, -0.15) is 0 Å². The van der Waals surface area contributed by atoms with Gasteiger partial charge >= 0.3 is 11.9 Å². The molecule has 1 saturated heterocycles. The van der Waals surface area contributed by atoms with Crippen molar-refractivity contribution < 1.29 is 33.3 Å². The third kappa shape index (κ3) is 7.15. The van der Waals surface area contributed by atoms with Gasteiger partial charge in [0, 0.05) is 32.0 Å². The second-order valence-electron chi connectivity index (χ2n) is 9.26. The molecular formula is C27H36N2O7S. The Morgan fingerprint density at radius 2 is 1.78 bits per heavy atom. The van der Waals surface area contributed by atoms with Gasteiger partial charge in [0.2, 0.25) is 0 Å². The summed E-state index contributed by atoms with van der Waals surface area (Å²) in [5.74, 6) is -1.27. The quantitative estimate of drug-likeness (QED) is 0.333. The lowest BCUT2D eigenvalue weighted by molar-refractivity contribution is -0.157. The number of nitrogens with zero attached hydrogens (tertiary/aromatic N) is 2. The first kappa shape index (κ1) is 28.7. The summed E-state index contributed by atoms with van der Waals surface area (Å²) in [5.41, 5.74) is 1.46. The lowest BCUT2D eigenvalue weighted by Crippen LogP contribution is -2.44. The molecule has 0 spiro atoms. The topological polar surface area (TPSA) is 94.6 Å². The van der Waals surface area contributed by atoms with Gasteiger partial charge < -0.3 is 28.7 Å². The van der Waals surface area contributed by atoms with E-state index in [9.17, 15) is 14.4 Å². The monoisotopic (exact) mass is 532 g/mol. The van der Waals surface area contributed by atoms with E-state index in [2.05, 4.69) is 0 Å². The van der Waals surface area contributed by atoms with Gasteiger partial charge in [-0.3, -0.25) is 14.4 Å². The number of hydrogen-bond donors (Lipinski definition) is 0. The highest BCUT2D eigenvalue weighted by Gasteiger charge is 2.44. The average molecular weight is 533 g/mol. The molecule has 10 heteroatoms. The van der Waals surface area contributed by atoms with Crippen molar-refractivity contribution in [2.45, 2.75) is 25.2 Å². The van der Waals surface area contributed by atoms with Crippen LogP contribution < -0.4 is 4.74 Å². The lowest BCUT2D eigenvalue weighted by atomic mass is 9.88. The second kappa shape index (κ2) is 13.1. The summed E-state index contributed by atoms with van der Waals surface area (Å²) in [4.78, 5) is 43.5. The van der Waals surface area contributed by atoms with Gasteiger partial charge in [-0.05, 0) is 43.8 Å². The third-order valence-electron chi connectivity index (χ3n) is 6.21. The van der Waals surface area contributed by atoms with Crippen molar-refractivity contribution in [1.29, 1.82) is 0 Å². The second-order valence-corrected chi connectivity index (χ2v) is 10.4. The molecule has 4 atom stereocenters. The highest BCUT2D eigenvalue weighted by atomic mass is 32.2. The van der Waals surface area contributed by atoms with Gasteiger partial charge in [0.05, 0.1) is 30.6 Å². The molecule has 37 heavy (non-hydrogen) atoms. The normalized spacial score (nSPS) is 23.5. The van der Waals surface area contributed by atoms with E-state index < -0.39 is 23.2 Å². The first-order valence-electron chi connectivity index (χ1n) is 12.2. The number of carbonyl (C=O) groups is 3. The molecule has 1 fully saturated rings. The smallest absolute Gasteiger partial charge is 0.313 e.